The summed E-state index contributed by atoms with van der Waals surface area (Å²) in [4.78, 5) is 23.4. The molecule has 0 aliphatic rings. The van der Waals surface area contributed by atoms with Gasteiger partial charge in [0.25, 0.3) is 0 Å². The third-order valence-corrected chi connectivity index (χ3v) is 4.51. The Kier molecular flexibility index (Phi) is 5.84. The maximum absolute atomic E-state index is 11.7. The molecule has 1 amide bonds. The van der Waals surface area contributed by atoms with Crippen molar-refractivity contribution >= 4 is 22.6 Å². The summed E-state index contributed by atoms with van der Waals surface area (Å²) in [7, 11) is 1.33. The lowest BCUT2D eigenvalue weighted by Crippen LogP contribution is -2.35. The van der Waals surface area contributed by atoms with Crippen LogP contribution in [0.3, 0.4) is 0 Å². The number of carbonyl (C=O) groups excluding carboxylic acids is 2. The first-order chi connectivity index (χ1) is 13.1. The summed E-state index contributed by atoms with van der Waals surface area (Å²) < 4.78 is 4.73. The number of hydrogen-bond acceptors (Lipinski definition) is 4. The van der Waals surface area contributed by atoms with Gasteiger partial charge in [0.05, 0.1) is 26.1 Å². The van der Waals surface area contributed by atoms with Gasteiger partial charge < -0.3 is 15.8 Å². The van der Waals surface area contributed by atoms with Gasteiger partial charge in [0, 0.05) is 0 Å². The SMILES string of the molecule is COC(=O)CC(NC(=O)CN)c1ccc(-c2ccc3ccccc3c2)cc1. The Morgan fingerprint density at radius 3 is 2.30 bits per heavy atom. The number of ether oxygens (including phenoxy) is 1. The fourth-order valence-corrected chi connectivity index (χ4v) is 3.03. The van der Waals surface area contributed by atoms with E-state index in [-0.39, 0.29) is 18.9 Å². The molecule has 0 saturated heterocycles. The number of fused-ring (bicyclic) bond motifs is 1. The minimum absolute atomic E-state index is 0.0531. The Morgan fingerprint density at radius 2 is 1.63 bits per heavy atom. The molecule has 138 valence electrons. The lowest BCUT2D eigenvalue weighted by molar-refractivity contribution is -0.141. The molecular weight excluding hydrogens is 340 g/mol. The molecular formula is C22H22N2O3. The van der Waals surface area contributed by atoms with E-state index in [1.165, 1.54) is 17.9 Å². The Balaban J connectivity index is 1.86. The Bertz CT molecular complexity index is 933. The molecule has 3 aromatic rings. The normalized spacial score (nSPS) is 11.8. The summed E-state index contributed by atoms with van der Waals surface area (Å²) >= 11 is 0. The van der Waals surface area contributed by atoms with E-state index in [1.54, 1.807) is 0 Å². The van der Waals surface area contributed by atoms with Crippen LogP contribution in [0.5, 0.6) is 0 Å². The number of nitrogens with one attached hydrogen (secondary N) is 1. The van der Waals surface area contributed by atoms with E-state index in [9.17, 15) is 9.59 Å². The molecule has 0 aromatic heterocycles. The highest BCUT2D eigenvalue weighted by atomic mass is 16.5. The van der Waals surface area contributed by atoms with E-state index in [2.05, 4.69) is 35.6 Å². The van der Waals surface area contributed by atoms with Gasteiger partial charge >= 0.3 is 5.97 Å². The van der Waals surface area contributed by atoms with Crippen molar-refractivity contribution in [3.05, 3.63) is 72.3 Å². The van der Waals surface area contributed by atoms with E-state index in [0.29, 0.717) is 0 Å². The molecule has 3 N–H and O–H groups in total. The summed E-state index contributed by atoms with van der Waals surface area (Å²) in [6.45, 7) is -0.132. The summed E-state index contributed by atoms with van der Waals surface area (Å²) in [6.07, 6.45) is 0.0531. The number of rotatable bonds is 6. The minimum atomic E-state index is -0.473. The molecule has 0 radical (unpaired) electrons. The average molecular weight is 362 g/mol. The number of esters is 1. The van der Waals surface area contributed by atoms with Gasteiger partial charge in [-0.1, -0.05) is 60.7 Å². The molecule has 0 heterocycles. The van der Waals surface area contributed by atoms with Crippen molar-refractivity contribution < 1.29 is 14.3 Å². The van der Waals surface area contributed by atoms with Crippen LogP contribution < -0.4 is 11.1 Å². The molecule has 0 saturated carbocycles. The molecule has 0 aliphatic heterocycles. The van der Waals surface area contributed by atoms with Crippen molar-refractivity contribution in [3.63, 3.8) is 0 Å². The lowest BCUT2D eigenvalue weighted by Gasteiger charge is -2.18. The highest BCUT2D eigenvalue weighted by molar-refractivity contribution is 5.87. The second-order valence-electron chi connectivity index (χ2n) is 6.29. The van der Waals surface area contributed by atoms with Crippen molar-refractivity contribution in [2.24, 2.45) is 5.73 Å². The summed E-state index contributed by atoms with van der Waals surface area (Å²) in [5.41, 5.74) is 8.37. The molecule has 0 fully saturated rings. The van der Waals surface area contributed by atoms with Crippen LogP contribution in [0, 0.1) is 0 Å². The molecule has 1 atom stereocenters. The topological polar surface area (TPSA) is 81.4 Å². The van der Waals surface area contributed by atoms with Crippen molar-refractivity contribution in [3.8, 4) is 11.1 Å². The fourth-order valence-electron chi connectivity index (χ4n) is 3.03. The Morgan fingerprint density at radius 1 is 0.963 bits per heavy atom. The third kappa shape index (κ3) is 4.51. The van der Waals surface area contributed by atoms with Crippen LogP contribution in [0.25, 0.3) is 21.9 Å². The molecule has 27 heavy (non-hydrogen) atoms. The number of methoxy groups -OCH3 is 1. The quantitative estimate of drug-likeness (QED) is 0.660. The number of hydrogen-bond donors (Lipinski definition) is 2. The van der Waals surface area contributed by atoms with E-state index in [4.69, 9.17) is 10.5 Å². The maximum atomic E-state index is 11.7. The van der Waals surface area contributed by atoms with Crippen LogP contribution in [-0.2, 0) is 14.3 Å². The van der Waals surface area contributed by atoms with Gasteiger partial charge in [-0.25, -0.2) is 0 Å². The number of benzene rings is 3. The van der Waals surface area contributed by atoms with E-state index in [0.717, 1.165) is 16.7 Å². The molecule has 5 nitrogen and oxygen atoms in total. The molecule has 0 bridgehead atoms. The van der Waals surface area contributed by atoms with Crippen LogP contribution in [-0.4, -0.2) is 25.5 Å². The van der Waals surface area contributed by atoms with Gasteiger partial charge in [0.2, 0.25) is 5.91 Å². The predicted molar refractivity (Wildman–Crippen MR) is 106 cm³/mol. The van der Waals surface area contributed by atoms with E-state index in [1.807, 2.05) is 36.4 Å². The predicted octanol–water partition coefficient (Wildman–Crippen LogP) is 3.19. The summed E-state index contributed by atoms with van der Waals surface area (Å²) in [5.74, 6) is -0.710. The van der Waals surface area contributed by atoms with Crippen LogP contribution in [0.2, 0.25) is 0 Å². The first kappa shape index (κ1) is 18.6. The zero-order valence-corrected chi connectivity index (χ0v) is 15.1. The molecule has 0 spiro atoms. The zero-order chi connectivity index (χ0) is 19.2. The Labute approximate surface area is 158 Å². The maximum Gasteiger partial charge on any atom is 0.307 e. The van der Waals surface area contributed by atoms with Crippen LogP contribution in [0.4, 0.5) is 0 Å². The van der Waals surface area contributed by atoms with Crippen molar-refractivity contribution in [1.29, 1.82) is 0 Å². The van der Waals surface area contributed by atoms with E-state index >= 15 is 0 Å². The summed E-state index contributed by atoms with van der Waals surface area (Å²) in [6, 6.07) is 21.9. The van der Waals surface area contributed by atoms with Crippen molar-refractivity contribution in [2.45, 2.75) is 12.5 Å². The first-order valence-corrected chi connectivity index (χ1v) is 8.76. The zero-order valence-electron chi connectivity index (χ0n) is 15.1. The van der Waals surface area contributed by atoms with E-state index < -0.39 is 12.0 Å². The second-order valence-corrected chi connectivity index (χ2v) is 6.29. The molecule has 3 aromatic carbocycles. The van der Waals surface area contributed by atoms with Crippen LogP contribution in [0.1, 0.15) is 18.0 Å². The largest absolute Gasteiger partial charge is 0.469 e. The number of carbonyl (C=O) groups is 2. The van der Waals surface area contributed by atoms with Gasteiger partial charge in [-0.2, -0.15) is 0 Å². The lowest BCUT2D eigenvalue weighted by atomic mass is 9.97. The second kappa shape index (κ2) is 8.47. The van der Waals surface area contributed by atoms with Crippen molar-refractivity contribution in [1.82, 2.24) is 5.32 Å². The Hall–Kier alpha value is -3.18. The average Bonchev–Trinajstić information content (AvgIpc) is 2.72. The molecule has 3 rings (SSSR count). The van der Waals surface area contributed by atoms with Crippen LogP contribution in [0.15, 0.2) is 66.7 Å². The highest BCUT2D eigenvalue weighted by Crippen LogP contribution is 2.26. The third-order valence-electron chi connectivity index (χ3n) is 4.51. The van der Waals surface area contributed by atoms with Gasteiger partial charge in [-0.3, -0.25) is 9.59 Å². The van der Waals surface area contributed by atoms with Crippen molar-refractivity contribution in [2.75, 3.05) is 13.7 Å². The highest BCUT2D eigenvalue weighted by Gasteiger charge is 2.18. The molecule has 5 heteroatoms. The molecule has 1 unspecified atom stereocenters. The fraction of sp³-hybridized carbons (Fsp3) is 0.182. The molecule has 0 aliphatic carbocycles. The first-order valence-electron chi connectivity index (χ1n) is 8.76. The standard InChI is InChI=1S/C22H22N2O3/c1-27-22(26)13-20(24-21(25)14-23)17-9-6-16(7-10-17)19-11-8-15-4-2-3-5-18(15)12-19/h2-12,20H,13-14,23H2,1H3,(H,24,25). The van der Waals surface area contributed by atoms with Gasteiger partial charge in [-0.15, -0.1) is 0 Å². The van der Waals surface area contributed by atoms with Gasteiger partial charge in [0.15, 0.2) is 0 Å². The van der Waals surface area contributed by atoms with Gasteiger partial charge in [-0.05, 0) is 33.5 Å². The van der Waals surface area contributed by atoms with Crippen LogP contribution >= 0.6 is 0 Å². The number of nitrogens with two attached hydrogens (primary N) is 1. The minimum Gasteiger partial charge on any atom is -0.469 e. The monoisotopic (exact) mass is 362 g/mol. The smallest absolute Gasteiger partial charge is 0.307 e. The number of amides is 1. The van der Waals surface area contributed by atoms with Gasteiger partial charge in [0.1, 0.15) is 0 Å². The summed E-state index contributed by atoms with van der Waals surface area (Å²) in [5, 5.41) is 5.14.